The second-order valence-electron chi connectivity index (χ2n) is 3.74. The molecule has 0 aliphatic carbocycles. The number of anilines is 1. The Morgan fingerprint density at radius 3 is 3.00 bits per heavy atom. The van der Waals surface area contributed by atoms with Gasteiger partial charge in [0.05, 0.1) is 6.20 Å². The first kappa shape index (κ1) is 13.1. The summed E-state index contributed by atoms with van der Waals surface area (Å²) in [4.78, 5) is 16.0. The van der Waals surface area contributed by atoms with Crippen LogP contribution < -0.4 is 10.1 Å². The van der Waals surface area contributed by atoms with Crippen LogP contribution in [0.4, 0.5) is 5.13 Å². The predicted octanol–water partition coefficient (Wildman–Crippen LogP) is 2.34. The van der Waals surface area contributed by atoms with Crippen LogP contribution in [0.2, 0.25) is 0 Å². The molecule has 1 aromatic heterocycles. The maximum absolute atomic E-state index is 11.6. The van der Waals surface area contributed by atoms with E-state index in [1.807, 2.05) is 31.2 Å². The molecule has 1 aromatic carbocycles. The van der Waals surface area contributed by atoms with Gasteiger partial charge in [-0.05, 0) is 18.6 Å². The van der Waals surface area contributed by atoms with Gasteiger partial charge in [0.2, 0.25) is 0 Å². The second kappa shape index (κ2) is 5.98. The van der Waals surface area contributed by atoms with Gasteiger partial charge >= 0.3 is 0 Å². The van der Waals surface area contributed by atoms with E-state index in [4.69, 9.17) is 10.00 Å². The van der Waals surface area contributed by atoms with Gasteiger partial charge in [0, 0.05) is 0 Å². The minimum absolute atomic E-state index is 0.0910. The number of rotatable bonds is 4. The monoisotopic (exact) mass is 273 g/mol. The third-order valence-electron chi connectivity index (χ3n) is 2.31. The van der Waals surface area contributed by atoms with Crippen LogP contribution in [0.5, 0.6) is 5.75 Å². The van der Waals surface area contributed by atoms with Crippen molar-refractivity contribution in [1.82, 2.24) is 4.98 Å². The molecular weight excluding hydrogens is 262 g/mol. The van der Waals surface area contributed by atoms with Crippen LogP contribution in [0.25, 0.3) is 0 Å². The Hall–Kier alpha value is -2.39. The van der Waals surface area contributed by atoms with E-state index in [1.165, 1.54) is 6.20 Å². The average Bonchev–Trinajstić information content (AvgIpc) is 2.85. The SMILES string of the molecule is Cc1ccccc1OCC(=O)Nc1ncc(C#N)s1. The number of nitriles is 1. The summed E-state index contributed by atoms with van der Waals surface area (Å²) < 4.78 is 5.40. The highest BCUT2D eigenvalue weighted by Crippen LogP contribution is 2.18. The van der Waals surface area contributed by atoms with Crippen molar-refractivity contribution in [3.8, 4) is 11.8 Å². The van der Waals surface area contributed by atoms with Gasteiger partial charge in [-0.1, -0.05) is 29.5 Å². The second-order valence-corrected chi connectivity index (χ2v) is 4.77. The molecule has 0 atom stereocenters. The number of hydrogen-bond donors (Lipinski definition) is 1. The molecule has 1 heterocycles. The van der Waals surface area contributed by atoms with E-state index in [9.17, 15) is 4.79 Å². The first-order valence-corrected chi connectivity index (χ1v) is 6.35. The number of carbonyl (C=O) groups excluding carboxylic acids is 1. The molecule has 2 rings (SSSR count). The highest BCUT2D eigenvalue weighted by Gasteiger charge is 2.08. The minimum Gasteiger partial charge on any atom is -0.483 e. The highest BCUT2D eigenvalue weighted by molar-refractivity contribution is 7.16. The lowest BCUT2D eigenvalue weighted by molar-refractivity contribution is -0.118. The van der Waals surface area contributed by atoms with Crippen LogP contribution in [0.15, 0.2) is 30.5 Å². The standard InChI is InChI=1S/C13H11N3O2S/c1-9-4-2-3-5-11(9)18-8-12(17)16-13-15-7-10(6-14)19-13/h2-5,7H,8H2,1H3,(H,15,16,17). The molecule has 2 aromatic rings. The maximum atomic E-state index is 11.6. The summed E-state index contributed by atoms with van der Waals surface area (Å²) in [6, 6.07) is 9.43. The number of nitrogens with zero attached hydrogens (tertiary/aromatic N) is 2. The Kier molecular flexibility index (Phi) is 4.11. The quantitative estimate of drug-likeness (QED) is 0.927. The topological polar surface area (TPSA) is 75.0 Å². The van der Waals surface area contributed by atoms with Gasteiger partial charge in [-0.3, -0.25) is 10.1 Å². The Labute approximate surface area is 114 Å². The van der Waals surface area contributed by atoms with Crippen LogP contribution in [-0.4, -0.2) is 17.5 Å². The fourth-order valence-electron chi connectivity index (χ4n) is 1.40. The summed E-state index contributed by atoms with van der Waals surface area (Å²) >= 11 is 1.13. The van der Waals surface area contributed by atoms with Crippen molar-refractivity contribution in [2.45, 2.75) is 6.92 Å². The Morgan fingerprint density at radius 2 is 2.32 bits per heavy atom. The number of ether oxygens (including phenoxy) is 1. The summed E-state index contributed by atoms with van der Waals surface area (Å²) in [6.45, 7) is 1.82. The van der Waals surface area contributed by atoms with Gasteiger partial charge in [-0.25, -0.2) is 4.98 Å². The van der Waals surface area contributed by atoms with Crippen molar-refractivity contribution < 1.29 is 9.53 Å². The normalized spacial score (nSPS) is 9.68. The van der Waals surface area contributed by atoms with Crippen molar-refractivity contribution in [3.05, 3.63) is 40.9 Å². The summed E-state index contributed by atoms with van der Waals surface area (Å²) in [6.07, 6.45) is 1.42. The van der Waals surface area contributed by atoms with Crippen LogP contribution in [0, 0.1) is 18.3 Å². The molecule has 0 aliphatic rings. The molecule has 0 radical (unpaired) electrons. The average molecular weight is 273 g/mol. The lowest BCUT2D eigenvalue weighted by Crippen LogP contribution is -2.20. The fraction of sp³-hybridized carbons (Fsp3) is 0.154. The Bertz CT molecular complexity index is 631. The van der Waals surface area contributed by atoms with Gasteiger partial charge in [0.1, 0.15) is 16.7 Å². The predicted molar refractivity (Wildman–Crippen MR) is 72.1 cm³/mol. The molecule has 0 saturated heterocycles. The lowest BCUT2D eigenvalue weighted by atomic mass is 10.2. The number of aryl methyl sites for hydroxylation is 1. The van der Waals surface area contributed by atoms with E-state index in [0.717, 1.165) is 16.9 Å². The first-order valence-electron chi connectivity index (χ1n) is 5.53. The molecule has 0 aliphatic heterocycles. The molecule has 0 unspecified atom stereocenters. The third-order valence-corrected chi connectivity index (χ3v) is 3.13. The van der Waals surface area contributed by atoms with Crippen LogP contribution in [-0.2, 0) is 4.79 Å². The molecule has 96 valence electrons. The van der Waals surface area contributed by atoms with E-state index >= 15 is 0 Å². The minimum atomic E-state index is -0.304. The summed E-state index contributed by atoms with van der Waals surface area (Å²) in [5.41, 5.74) is 0.969. The molecular formula is C13H11N3O2S. The maximum Gasteiger partial charge on any atom is 0.264 e. The molecule has 19 heavy (non-hydrogen) atoms. The fourth-order valence-corrected chi connectivity index (χ4v) is 2.03. The molecule has 6 heteroatoms. The van der Waals surface area contributed by atoms with E-state index in [2.05, 4.69) is 10.3 Å². The van der Waals surface area contributed by atoms with E-state index in [0.29, 0.717) is 15.8 Å². The van der Waals surface area contributed by atoms with Crippen LogP contribution >= 0.6 is 11.3 Å². The smallest absolute Gasteiger partial charge is 0.264 e. The molecule has 1 N–H and O–H groups in total. The molecule has 0 saturated carbocycles. The van der Waals surface area contributed by atoms with Gasteiger partial charge in [-0.2, -0.15) is 5.26 Å². The zero-order chi connectivity index (χ0) is 13.7. The molecule has 1 amide bonds. The number of thiazole rings is 1. The molecule has 0 fully saturated rings. The van der Waals surface area contributed by atoms with Gasteiger partial charge in [-0.15, -0.1) is 0 Å². The molecule has 5 nitrogen and oxygen atoms in total. The van der Waals surface area contributed by atoms with E-state index in [-0.39, 0.29) is 12.5 Å². The zero-order valence-electron chi connectivity index (χ0n) is 10.2. The van der Waals surface area contributed by atoms with Crippen LogP contribution in [0.3, 0.4) is 0 Å². The van der Waals surface area contributed by atoms with Crippen molar-refractivity contribution in [3.63, 3.8) is 0 Å². The number of aromatic nitrogens is 1. The largest absolute Gasteiger partial charge is 0.483 e. The summed E-state index contributed by atoms with van der Waals surface area (Å²) in [5, 5.41) is 11.6. The lowest BCUT2D eigenvalue weighted by Gasteiger charge is -2.07. The first-order chi connectivity index (χ1) is 9.19. The van der Waals surface area contributed by atoms with E-state index in [1.54, 1.807) is 6.07 Å². The van der Waals surface area contributed by atoms with Gasteiger partial charge < -0.3 is 4.74 Å². The van der Waals surface area contributed by atoms with Gasteiger partial charge in [0.25, 0.3) is 5.91 Å². The summed E-state index contributed by atoms with van der Waals surface area (Å²) in [7, 11) is 0. The van der Waals surface area contributed by atoms with E-state index < -0.39 is 0 Å². The third kappa shape index (κ3) is 3.53. The zero-order valence-corrected chi connectivity index (χ0v) is 11.0. The molecule has 0 spiro atoms. The summed E-state index contributed by atoms with van der Waals surface area (Å²) in [5.74, 6) is 0.372. The Morgan fingerprint density at radius 1 is 1.53 bits per heavy atom. The van der Waals surface area contributed by atoms with Crippen molar-refractivity contribution >= 4 is 22.4 Å². The number of hydrogen-bond acceptors (Lipinski definition) is 5. The Balaban J connectivity index is 1.89. The number of carbonyl (C=O) groups is 1. The number of amides is 1. The number of para-hydroxylation sites is 1. The number of nitrogens with one attached hydrogen (secondary N) is 1. The van der Waals surface area contributed by atoms with Crippen molar-refractivity contribution in [2.75, 3.05) is 11.9 Å². The van der Waals surface area contributed by atoms with Crippen molar-refractivity contribution in [2.24, 2.45) is 0 Å². The number of benzene rings is 1. The van der Waals surface area contributed by atoms with Crippen molar-refractivity contribution in [1.29, 1.82) is 5.26 Å². The van der Waals surface area contributed by atoms with Gasteiger partial charge in [0.15, 0.2) is 11.7 Å². The molecule has 0 bridgehead atoms. The highest BCUT2D eigenvalue weighted by atomic mass is 32.1. The van der Waals surface area contributed by atoms with Crippen LogP contribution in [0.1, 0.15) is 10.4 Å².